The van der Waals surface area contributed by atoms with Crippen molar-refractivity contribution in [2.75, 3.05) is 18.8 Å². The molecule has 19 heavy (non-hydrogen) atoms. The molecule has 3 nitrogen and oxygen atoms in total. The van der Waals surface area contributed by atoms with Crippen molar-refractivity contribution in [2.24, 2.45) is 0 Å². The molecular weight excluding hydrogens is 258 g/mol. The van der Waals surface area contributed by atoms with Crippen LogP contribution < -0.4 is 0 Å². The normalized spacial score (nSPS) is 19.5. The molecule has 0 bridgehead atoms. The van der Waals surface area contributed by atoms with Crippen molar-refractivity contribution < 1.29 is 9.90 Å². The number of carbonyl (C=O) groups is 1. The molecule has 0 saturated carbocycles. The number of aliphatic hydroxyl groups is 1. The number of nitrogens with zero attached hydrogens (tertiary/aromatic N) is 1. The highest BCUT2D eigenvalue weighted by molar-refractivity contribution is 7.99. The van der Waals surface area contributed by atoms with E-state index in [-0.39, 0.29) is 12.0 Å². The standard InChI is InChI=1S/C15H21NO2S/c1-12-4-6-13(7-5-12)10-19-11-15(18)16-8-2-3-14(17)9-16/h4-7,14,17H,2-3,8-11H2,1H3/t14-/m1/s1. The third kappa shape index (κ3) is 4.55. The van der Waals surface area contributed by atoms with Crippen LogP contribution >= 0.6 is 11.8 Å². The predicted molar refractivity (Wildman–Crippen MR) is 79.2 cm³/mol. The van der Waals surface area contributed by atoms with Gasteiger partial charge in [-0.2, -0.15) is 0 Å². The SMILES string of the molecule is Cc1ccc(CSCC(=O)N2CCC[C@@H](O)C2)cc1. The number of rotatable bonds is 4. The Morgan fingerprint density at radius 1 is 1.42 bits per heavy atom. The summed E-state index contributed by atoms with van der Waals surface area (Å²) in [4.78, 5) is 13.8. The molecule has 1 fully saturated rings. The van der Waals surface area contributed by atoms with Crippen LogP contribution in [0.1, 0.15) is 24.0 Å². The monoisotopic (exact) mass is 279 g/mol. The maximum absolute atomic E-state index is 12.0. The van der Waals surface area contributed by atoms with Crippen molar-refractivity contribution in [3.63, 3.8) is 0 Å². The third-order valence-electron chi connectivity index (χ3n) is 3.36. The van der Waals surface area contributed by atoms with Crippen molar-refractivity contribution >= 4 is 17.7 Å². The Labute approximate surface area is 119 Å². The number of hydrogen-bond donors (Lipinski definition) is 1. The average Bonchev–Trinajstić information content (AvgIpc) is 2.41. The summed E-state index contributed by atoms with van der Waals surface area (Å²) < 4.78 is 0. The zero-order valence-corrected chi connectivity index (χ0v) is 12.2. The first-order valence-corrected chi connectivity index (χ1v) is 7.90. The van der Waals surface area contributed by atoms with Crippen LogP contribution in [-0.2, 0) is 10.5 Å². The molecule has 104 valence electrons. The highest BCUT2D eigenvalue weighted by Crippen LogP contribution is 2.16. The maximum atomic E-state index is 12.0. The van der Waals surface area contributed by atoms with Crippen molar-refractivity contribution in [1.29, 1.82) is 0 Å². The number of β-amino-alcohol motifs (C(OH)–C–C–N with tert-alkyl or cyclic N) is 1. The van der Waals surface area contributed by atoms with E-state index in [0.29, 0.717) is 12.3 Å². The molecule has 1 saturated heterocycles. The molecule has 1 heterocycles. The Balaban J connectivity index is 1.73. The summed E-state index contributed by atoms with van der Waals surface area (Å²) in [6.45, 7) is 3.37. The molecule has 0 spiro atoms. The number of aryl methyl sites for hydroxylation is 1. The Kier molecular flexibility index (Phi) is 5.28. The van der Waals surface area contributed by atoms with E-state index in [2.05, 4.69) is 31.2 Å². The van der Waals surface area contributed by atoms with Crippen LogP contribution in [0.15, 0.2) is 24.3 Å². The minimum Gasteiger partial charge on any atom is -0.391 e. The fraction of sp³-hybridized carbons (Fsp3) is 0.533. The van der Waals surface area contributed by atoms with Crippen molar-refractivity contribution in [1.82, 2.24) is 4.90 Å². The fourth-order valence-electron chi connectivity index (χ4n) is 2.21. The molecule has 1 aliphatic heterocycles. The number of likely N-dealkylation sites (tertiary alicyclic amines) is 1. The number of carbonyl (C=O) groups excluding carboxylic acids is 1. The number of aliphatic hydroxyl groups excluding tert-OH is 1. The highest BCUT2D eigenvalue weighted by atomic mass is 32.2. The fourth-order valence-corrected chi connectivity index (χ4v) is 3.10. The van der Waals surface area contributed by atoms with Gasteiger partial charge in [-0.25, -0.2) is 0 Å². The van der Waals surface area contributed by atoms with E-state index in [1.54, 1.807) is 16.7 Å². The first-order valence-electron chi connectivity index (χ1n) is 6.74. The molecule has 2 rings (SSSR count). The molecule has 1 N–H and O–H groups in total. The number of benzene rings is 1. The molecule has 4 heteroatoms. The Morgan fingerprint density at radius 2 is 2.16 bits per heavy atom. The van der Waals surface area contributed by atoms with Crippen molar-refractivity contribution in [3.05, 3.63) is 35.4 Å². The second-order valence-corrected chi connectivity index (χ2v) is 6.10. The first kappa shape index (κ1) is 14.4. The maximum Gasteiger partial charge on any atom is 0.232 e. The van der Waals surface area contributed by atoms with Gasteiger partial charge in [0, 0.05) is 18.8 Å². The van der Waals surface area contributed by atoms with Crippen LogP contribution in [0.5, 0.6) is 0 Å². The van der Waals surface area contributed by atoms with E-state index in [1.165, 1.54) is 11.1 Å². The lowest BCUT2D eigenvalue weighted by Crippen LogP contribution is -2.43. The van der Waals surface area contributed by atoms with Crippen LogP contribution in [0.3, 0.4) is 0 Å². The van der Waals surface area contributed by atoms with Crippen molar-refractivity contribution in [2.45, 2.75) is 31.6 Å². The lowest BCUT2D eigenvalue weighted by Gasteiger charge is -2.30. The van der Waals surface area contributed by atoms with E-state index >= 15 is 0 Å². The smallest absolute Gasteiger partial charge is 0.232 e. The molecule has 1 amide bonds. The van der Waals surface area contributed by atoms with E-state index < -0.39 is 0 Å². The summed E-state index contributed by atoms with van der Waals surface area (Å²) in [6, 6.07) is 8.41. The van der Waals surface area contributed by atoms with Crippen LogP contribution in [0, 0.1) is 6.92 Å². The van der Waals surface area contributed by atoms with Crippen LogP contribution in [-0.4, -0.2) is 40.9 Å². The van der Waals surface area contributed by atoms with Crippen LogP contribution in [0.4, 0.5) is 0 Å². The van der Waals surface area contributed by atoms with Gasteiger partial charge in [0.1, 0.15) is 0 Å². The van der Waals surface area contributed by atoms with Crippen LogP contribution in [0.25, 0.3) is 0 Å². The Bertz CT molecular complexity index is 419. The number of piperidine rings is 1. The molecule has 0 unspecified atom stereocenters. The van der Waals surface area contributed by atoms with Gasteiger partial charge in [-0.15, -0.1) is 11.8 Å². The van der Waals surface area contributed by atoms with Gasteiger partial charge in [-0.05, 0) is 25.3 Å². The first-order chi connectivity index (χ1) is 9.15. The number of hydrogen-bond acceptors (Lipinski definition) is 3. The summed E-state index contributed by atoms with van der Waals surface area (Å²) in [5, 5.41) is 9.56. The van der Waals surface area contributed by atoms with Gasteiger partial charge in [0.25, 0.3) is 0 Å². The molecule has 1 aliphatic rings. The van der Waals surface area contributed by atoms with Gasteiger partial charge >= 0.3 is 0 Å². The Morgan fingerprint density at radius 3 is 2.84 bits per heavy atom. The van der Waals surface area contributed by atoms with Gasteiger partial charge in [-0.1, -0.05) is 29.8 Å². The summed E-state index contributed by atoms with van der Waals surface area (Å²) in [6.07, 6.45) is 1.40. The van der Waals surface area contributed by atoms with E-state index in [1.807, 2.05) is 0 Å². The van der Waals surface area contributed by atoms with E-state index in [9.17, 15) is 9.90 Å². The van der Waals surface area contributed by atoms with E-state index in [0.717, 1.165) is 25.1 Å². The Hall–Kier alpha value is -1.00. The minimum atomic E-state index is -0.334. The number of thioether (sulfide) groups is 1. The lowest BCUT2D eigenvalue weighted by molar-refractivity contribution is -0.131. The quantitative estimate of drug-likeness (QED) is 0.918. The third-order valence-corrected chi connectivity index (χ3v) is 4.35. The summed E-state index contributed by atoms with van der Waals surface area (Å²) in [5.74, 6) is 1.51. The van der Waals surface area contributed by atoms with Gasteiger partial charge < -0.3 is 10.0 Å². The van der Waals surface area contributed by atoms with Crippen LogP contribution in [0.2, 0.25) is 0 Å². The molecule has 1 aromatic carbocycles. The molecule has 1 atom stereocenters. The number of amides is 1. The molecule has 0 aliphatic carbocycles. The van der Waals surface area contributed by atoms with Gasteiger partial charge in [0.15, 0.2) is 0 Å². The van der Waals surface area contributed by atoms with E-state index in [4.69, 9.17) is 0 Å². The average molecular weight is 279 g/mol. The molecule has 1 aromatic rings. The highest BCUT2D eigenvalue weighted by Gasteiger charge is 2.21. The zero-order valence-electron chi connectivity index (χ0n) is 11.3. The summed E-state index contributed by atoms with van der Waals surface area (Å²) >= 11 is 1.64. The lowest BCUT2D eigenvalue weighted by atomic mass is 10.1. The topological polar surface area (TPSA) is 40.5 Å². The minimum absolute atomic E-state index is 0.149. The van der Waals surface area contributed by atoms with Gasteiger partial charge in [0.2, 0.25) is 5.91 Å². The summed E-state index contributed by atoms with van der Waals surface area (Å²) in [7, 11) is 0. The zero-order chi connectivity index (χ0) is 13.7. The van der Waals surface area contributed by atoms with Gasteiger partial charge in [0.05, 0.1) is 11.9 Å². The second-order valence-electron chi connectivity index (χ2n) is 5.11. The second kappa shape index (κ2) is 6.96. The van der Waals surface area contributed by atoms with Crippen molar-refractivity contribution in [3.8, 4) is 0 Å². The largest absolute Gasteiger partial charge is 0.391 e. The predicted octanol–water partition coefficient (Wildman–Crippen LogP) is 2.21. The molecular formula is C15H21NO2S. The molecule has 0 aromatic heterocycles. The summed E-state index contributed by atoms with van der Waals surface area (Å²) in [5.41, 5.74) is 2.51. The molecule has 0 radical (unpaired) electrons. The van der Waals surface area contributed by atoms with Gasteiger partial charge in [-0.3, -0.25) is 4.79 Å².